The summed E-state index contributed by atoms with van der Waals surface area (Å²) >= 11 is 5.56. The van der Waals surface area contributed by atoms with Gasteiger partial charge in [-0.3, -0.25) is 4.79 Å². The van der Waals surface area contributed by atoms with Gasteiger partial charge in [-0.05, 0) is 60.0 Å². The van der Waals surface area contributed by atoms with Crippen LogP contribution < -0.4 is 4.90 Å². The van der Waals surface area contributed by atoms with Gasteiger partial charge in [-0.25, -0.2) is 0 Å². The molecule has 1 atom stereocenters. The van der Waals surface area contributed by atoms with Crippen LogP contribution in [0.15, 0.2) is 22.6 Å². The Labute approximate surface area is 188 Å². The lowest BCUT2D eigenvalue weighted by molar-refractivity contribution is -0.139. The van der Waals surface area contributed by atoms with E-state index >= 15 is 0 Å². The van der Waals surface area contributed by atoms with E-state index in [1.54, 1.807) is 18.2 Å². The summed E-state index contributed by atoms with van der Waals surface area (Å²) in [7, 11) is 0. The maximum absolute atomic E-state index is 11.1. The van der Waals surface area contributed by atoms with Gasteiger partial charge in [0.15, 0.2) is 4.71 Å². The molecule has 1 aromatic carbocycles. The molecule has 0 bridgehead atoms. The molecule has 5 nitrogen and oxygen atoms in total. The molecular formula is C25H28N2O3S. The highest BCUT2D eigenvalue weighted by molar-refractivity contribution is 7.71. The quantitative estimate of drug-likeness (QED) is 0.596. The number of carboxylic acid groups (broad SMARTS) is 1. The average Bonchev–Trinajstić information content (AvgIpc) is 2.69. The Hall–Kier alpha value is -2.65. The van der Waals surface area contributed by atoms with E-state index in [1.165, 1.54) is 16.8 Å². The van der Waals surface area contributed by atoms with E-state index in [2.05, 4.69) is 38.7 Å². The number of hydrogen-bond donors (Lipinski definition) is 1. The van der Waals surface area contributed by atoms with Crippen LogP contribution in [0.2, 0.25) is 0 Å². The molecule has 0 amide bonds. The van der Waals surface area contributed by atoms with Gasteiger partial charge < -0.3 is 14.4 Å². The highest BCUT2D eigenvalue weighted by atomic mass is 32.1. The Balaban J connectivity index is 1.88. The molecule has 0 saturated carbocycles. The number of aliphatic carboxylic acids is 1. The summed E-state index contributed by atoms with van der Waals surface area (Å²) in [6, 6.07) is 6.09. The molecule has 1 unspecified atom stereocenters. The van der Waals surface area contributed by atoms with E-state index in [4.69, 9.17) is 27.0 Å². The molecule has 6 heteroatoms. The van der Waals surface area contributed by atoms with Crippen LogP contribution in [0.5, 0.6) is 0 Å². The van der Waals surface area contributed by atoms with E-state index in [1.807, 2.05) is 6.07 Å². The normalized spacial score (nSPS) is 19.8. The number of carboxylic acids is 1. The lowest BCUT2D eigenvalue weighted by atomic mass is 9.69. The van der Waals surface area contributed by atoms with Crippen LogP contribution in [-0.2, 0) is 15.6 Å². The van der Waals surface area contributed by atoms with Crippen molar-refractivity contribution in [3.63, 3.8) is 0 Å². The van der Waals surface area contributed by atoms with Crippen molar-refractivity contribution in [3.05, 3.63) is 39.6 Å². The lowest BCUT2D eigenvalue weighted by Crippen LogP contribution is -2.44. The molecule has 2 aliphatic rings. The first kappa shape index (κ1) is 21.6. The molecule has 2 aliphatic heterocycles. The Bertz CT molecular complexity index is 1200. The van der Waals surface area contributed by atoms with E-state index in [0.29, 0.717) is 4.71 Å². The van der Waals surface area contributed by atoms with Gasteiger partial charge in [0.25, 0.3) is 0 Å². The minimum atomic E-state index is -1.12. The van der Waals surface area contributed by atoms with Crippen LogP contribution in [0.3, 0.4) is 0 Å². The van der Waals surface area contributed by atoms with Gasteiger partial charge in [0.05, 0.1) is 6.07 Å². The molecule has 0 saturated heterocycles. The fourth-order valence-corrected chi connectivity index (χ4v) is 5.03. The summed E-state index contributed by atoms with van der Waals surface area (Å²) in [6.45, 7) is 11.3. The van der Waals surface area contributed by atoms with Crippen LogP contribution >= 0.6 is 12.2 Å². The third kappa shape index (κ3) is 3.65. The number of carbonyl (C=O) groups is 1. The fourth-order valence-electron chi connectivity index (χ4n) is 4.82. The maximum Gasteiger partial charge on any atom is 0.321 e. The summed E-state index contributed by atoms with van der Waals surface area (Å²) in [6.07, 6.45) is 5.76. The molecule has 162 valence electrons. The number of nitrogens with zero attached hydrogens (tertiary/aromatic N) is 2. The van der Waals surface area contributed by atoms with Crippen LogP contribution in [0, 0.1) is 22.0 Å². The number of benzene rings is 1. The molecule has 1 aromatic heterocycles. The van der Waals surface area contributed by atoms with Crippen molar-refractivity contribution in [2.24, 2.45) is 5.92 Å². The molecule has 0 radical (unpaired) electrons. The van der Waals surface area contributed by atoms with Crippen LogP contribution in [0.25, 0.3) is 17.0 Å². The number of hydrogen-bond acceptors (Lipinski definition) is 5. The Morgan fingerprint density at radius 1 is 1.29 bits per heavy atom. The highest BCUT2D eigenvalue weighted by Crippen LogP contribution is 2.51. The minimum Gasteiger partial charge on any atom is -0.480 e. The summed E-state index contributed by atoms with van der Waals surface area (Å²) < 4.78 is 6.64. The van der Waals surface area contributed by atoms with E-state index in [0.717, 1.165) is 42.5 Å². The van der Waals surface area contributed by atoms with Gasteiger partial charge in [-0.1, -0.05) is 39.8 Å². The molecular weight excluding hydrogens is 408 g/mol. The van der Waals surface area contributed by atoms with Crippen molar-refractivity contribution in [1.82, 2.24) is 0 Å². The number of anilines is 1. The number of allylic oxidation sites excluding steroid dienone is 1. The predicted molar refractivity (Wildman–Crippen MR) is 125 cm³/mol. The zero-order chi connectivity index (χ0) is 22.6. The predicted octanol–water partition coefficient (Wildman–Crippen LogP) is 5.96. The van der Waals surface area contributed by atoms with Crippen LogP contribution in [0.4, 0.5) is 5.69 Å². The van der Waals surface area contributed by atoms with Crippen molar-refractivity contribution in [2.45, 2.75) is 57.8 Å². The molecule has 0 spiro atoms. The van der Waals surface area contributed by atoms with Crippen molar-refractivity contribution in [2.75, 3.05) is 18.0 Å². The van der Waals surface area contributed by atoms with Crippen molar-refractivity contribution in [3.8, 4) is 6.07 Å². The van der Waals surface area contributed by atoms with Crippen molar-refractivity contribution < 1.29 is 14.3 Å². The maximum atomic E-state index is 11.1. The number of fused-ring (bicyclic) bond motifs is 2. The summed E-state index contributed by atoms with van der Waals surface area (Å²) in [4.78, 5) is 13.6. The lowest BCUT2D eigenvalue weighted by Gasteiger charge is -2.48. The minimum absolute atomic E-state index is 0.0162. The Morgan fingerprint density at radius 3 is 2.61 bits per heavy atom. The molecule has 2 aromatic rings. The van der Waals surface area contributed by atoms with Gasteiger partial charge >= 0.3 is 5.97 Å². The third-order valence-corrected chi connectivity index (χ3v) is 7.20. The van der Waals surface area contributed by atoms with Gasteiger partial charge in [-0.15, -0.1) is 0 Å². The first-order valence-electron chi connectivity index (χ1n) is 10.7. The second-order valence-electron chi connectivity index (χ2n) is 9.97. The highest BCUT2D eigenvalue weighted by Gasteiger charge is 2.41. The number of nitriles is 1. The third-order valence-electron chi connectivity index (χ3n) is 6.88. The zero-order valence-electron chi connectivity index (χ0n) is 18.5. The summed E-state index contributed by atoms with van der Waals surface area (Å²) in [5, 5.41) is 19.1. The molecule has 31 heavy (non-hydrogen) atoms. The van der Waals surface area contributed by atoms with Gasteiger partial charge in [0, 0.05) is 35.3 Å². The van der Waals surface area contributed by atoms with E-state index in [-0.39, 0.29) is 17.3 Å². The first-order valence-corrected chi connectivity index (χ1v) is 11.2. The Kier molecular flexibility index (Phi) is 5.21. The fraction of sp³-hybridized carbons (Fsp3) is 0.480. The first-order chi connectivity index (χ1) is 14.5. The Morgan fingerprint density at radius 2 is 1.97 bits per heavy atom. The van der Waals surface area contributed by atoms with Gasteiger partial charge in [-0.2, -0.15) is 5.26 Å². The van der Waals surface area contributed by atoms with Crippen molar-refractivity contribution >= 4 is 40.9 Å². The molecule has 0 fully saturated rings. The zero-order valence-corrected chi connectivity index (χ0v) is 19.3. The SMILES string of the molecule is CC1(C)CCN2CCC(C)(C)c3c2c1cc1cc(C=CCC(C#N)C(=O)O)c(=S)oc31. The second-order valence-corrected chi connectivity index (χ2v) is 10.3. The molecule has 1 N–H and O–H groups in total. The molecule has 0 aliphatic carbocycles. The molecule has 4 rings (SSSR count). The van der Waals surface area contributed by atoms with E-state index < -0.39 is 11.9 Å². The molecule has 3 heterocycles. The van der Waals surface area contributed by atoms with E-state index in [9.17, 15) is 4.79 Å². The smallest absolute Gasteiger partial charge is 0.321 e. The second kappa shape index (κ2) is 7.49. The summed E-state index contributed by atoms with van der Waals surface area (Å²) in [5.74, 6) is -2.18. The van der Waals surface area contributed by atoms with Crippen molar-refractivity contribution in [1.29, 1.82) is 5.26 Å². The van der Waals surface area contributed by atoms with Gasteiger partial charge in [0.1, 0.15) is 11.5 Å². The van der Waals surface area contributed by atoms with Gasteiger partial charge in [0.2, 0.25) is 0 Å². The standard InChI is InChI=1S/C25H28N2O3S/c1-24(2)8-10-27-11-9-25(3,4)19-20(27)18(24)13-17-12-15(23(31)30-21(17)19)6-5-7-16(14-26)22(28)29/h5-6,12-13,16H,7-11H2,1-4H3,(H,28,29). The van der Waals surface area contributed by atoms with Crippen LogP contribution in [-0.4, -0.2) is 24.2 Å². The van der Waals surface area contributed by atoms with Crippen LogP contribution in [0.1, 0.15) is 63.6 Å². The topological polar surface area (TPSA) is 77.5 Å². The summed E-state index contributed by atoms with van der Waals surface area (Å²) in [5.41, 5.74) is 5.57. The average molecular weight is 437 g/mol. The number of rotatable bonds is 4. The largest absolute Gasteiger partial charge is 0.480 e. The monoisotopic (exact) mass is 436 g/mol.